The zero-order valence-corrected chi connectivity index (χ0v) is 8.05. The molecular weight excluding hydrogens is 166 g/mol. The van der Waals surface area contributed by atoms with Crippen molar-refractivity contribution >= 4 is 5.91 Å². The van der Waals surface area contributed by atoms with Crippen LogP contribution in [-0.4, -0.2) is 44.0 Å². The largest absolute Gasteiger partial charge is 0.344 e. The first-order chi connectivity index (χ1) is 6.20. The van der Waals surface area contributed by atoms with Gasteiger partial charge in [-0.05, 0) is 26.6 Å². The molecule has 0 radical (unpaired) electrons. The van der Waals surface area contributed by atoms with E-state index in [2.05, 4.69) is 11.2 Å². The molecule has 4 heteroatoms. The van der Waals surface area contributed by atoms with E-state index < -0.39 is 0 Å². The number of terminal acetylenes is 1. The van der Waals surface area contributed by atoms with Crippen molar-refractivity contribution in [2.24, 2.45) is 5.73 Å². The van der Waals surface area contributed by atoms with Crippen LogP contribution < -0.4 is 11.1 Å². The molecule has 0 aliphatic carbocycles. The van der Waals surface area contributed by atoms with E-state index in [1.165, 1.54) is 0 Å². The number of rotatable bonds is 6. The van der Waals surface area contributed by atoms with Gasteiger partial charge in [-0.3, -0.25) is 9.69 Å². The summed E-state index contributed by atoms with van der Waals surface area (Å²) in [5, 5.41) is 2.59. The minimum absolute atomic E-state index is 0.0440. The number of likely N-dealkylation sites (N-methyl/N-ethyl adjacent to an activating group) is 1. The molecule has 0 aliphatic rings. The highest BCUT2D eigenvalue weighted by atomic mass is 16.1. The number of nitrogens with one attached hydrogen (secondary N) is 1. The van der Waals surface area contributed by atoms with Gasteiger partial charge in [-0.25, -0.2) is 0 Å². The Morgan fingerprint density at radius 1 is 1.69 bits per heavy atom. The Morgan fingerprint density at radius 2 is 2.38 bits per heavy atom. The molecule has 0 fully saturated rings. The maximum absolute atomic E-state index is 11.1. The summed E-state index contributed by atoms with van der Waals surface area (Å²) < 4.78 is 0. The van der Waals surface area contributed by atoms with Gasteiger partial charge >= 0.3 is 0 Å². The molecule has 4 nitrogen and oxygen atoms in total. The summed E-state index contributed by atoms with van der Waals surface area (Å²) in [4.78, 5) is 13.0. The van der Waals surface area contributed by atoms with Crippen molar-refractivity contribution in [1.29, 1.82) is 0 Å². The Labute approximate surface area is 79.5 Å². The van der Waals surface area contributed by atoms with Gasteiger partial charge in [0.05, 0.1) is 13.1 Å². The van der Waals surface area contributed by atoms with Crippen LogP contribution in [0.25, 0.3) is 0 Å². The van der Waals surface area contributed by atoms with Crippen molar-refractivity contribution in [3.8, 4) is 12.3 Å². The molecule has 0 rings (SSSR count). The van der Waals surface area contributed by atoms with Crippen LogP contribution in [0.1, 0.15) is 6.42 Å². The van der Waals surface area contributed by atoms with Gasteiger partial charge in [0, 0.05) is 0 Å². The van der Waals surface area contributed by atoms with E-state index in [-0.39, 0.29) is 5.91 Å². The molecule has 1 amide bonds. The van der Waals surface area contributed by atoms with E-state index in [0.29, 0.717) is 19.6 Å². The van der Waals surface area contributed by atoms with Crippen LogP contribution in [0.2, 0.25) is 0 Å². The van der Waals surface area contributed by atoms with Crippen molar-refractivity contribution in [3.05, 3.63) is 0 Å². The SMILES string of the molecule is C#CCNC(=O)CN(C)CCCN. The fourth-order valence-corrected chi connectivity index (χ4v) is 0.891. The highest BCUT2D eigenvalue weighted by Crippen LogP contribution is 1.84. The number of hydrogen-bond donors (Lipinski definition) is 2. The molecule has 0 aromatic heterocycles. The third-order valence-electron chi connectivity index (χ3n) is 1.55. The maximum atomic E-state index is 11.1. The normalized spacial score (nSPS) is 9.69. The lowest BCUT2D eigenvalue weighted by Crippen LogP contribution is -2.36. The summed E-state index contributed by atoms with van der Waals surface area (Å²) in [7, 11) is 1.88. The molecule has 13 heavy (non-hydrogen) atoms. The molecule has 0 unspecified atom stereocenters. The molecule has 0 spiro atoms. The van der Waals surface area contributed by atoms with Crippen molar-refractivity contribution in [3.63, 3.8) is 0 Å². The number of amides is 1. The second-order valence-corrected chi connectivity index (χ2v) is 2.86. The number of nitrogens with two attached hydrogens (primary N) is 1. The highest BCUT2D eigenvalue weighted by Gasteiger charge is 2.03. The third kappa shape index (κ3) is 7.32. The van der Waals surface area contributed by atoms with Crippen molar-refractivity contribution in [1.82, 2.24) is 10.2 Å². The molecule has 0 saturated carbocycles. The van der Waals surface area contributed by atoms with E-state index >= 15 is 0 Å². The average Bonchev–Trinajstić information content (AvgIpc) is 2.11. The Hall–Kier alpha value is -1.05. The summed E-state index contributed by atoms with van der Waals surface area (Å²) in [6.07, 6.45) is 5.89. The van der Waals surface area contributed by atoms with Crippen LogP contribution in [0.3, 0.4) is 0 Å². The Bertz CT molecular complexity index is 186. The summed E-state index contributed by atoms with van der Waals surface area (Å²) in [5.41, 5.74) is 5.33. The Morgan fingerprint density at radius 3 is 2.92 bits per heavy atom. The summed E-state index contributed by atoms with van der Waals surface area (Å²) >= 11 is 0. The van der Waals surface area contributed by atoms with Crippen LogP contribution in [0, 0.1) is 12.3 Å². The smallest absolute Gasteiger partial charge is 0.234 e. The summed E-state index contributed by atoms with van der Waals surface area (Å²) in [6, 6.07) is 0. The van der Waals surface area contributed by atoms with Gasteiger partial charge in [-0.1, -0.05) is 5.92 Å². The highest BCUT2D eigenvalue weighted by molar-refractivity contribution is 5.78. The fraction of sp³-hybridized carbons (Fsp3) is 0.667. The lowest BCUT2D eigenvalue weighted by atomic mass is 10.4. The van der Waals surface area contributed by atoms with Gasteiger partial charge in [-0.15, -0.1) is 6.42 Å². The van der Waals surface area contributed by atoms with Gasteiger partial charge in [-0.2, -0.15) is 0 Å². The second-order valence-electron chi connectivity index (χ2n) is 2.86. The van der Waals surface area contributed by atoms with E-state index in [9.17, 15) is 4.79 Å². The predicted molar refractivity (Wildman–Crippen MR) is 53.0 cm³/mol. The van der Waals surface area contributed by atoms with Crippen molar-refractivity contribution in [2.75, 3.05) is 33.2 Å². The van der Waals surface area contributed by atoms with Gasteiger partial charge in [0.15, 0.2) is 0 Å². The molecule has 0 saturated heterocycles. The summed E-state index contributed by atoms with van der Waals surface area (Å²) in [5.74, 6) is 2.30. The zero-order valence-electron chi connectivity index (χ0n) is 8.05. The number of carbonyl (C=O) groups excluding carboxylic acids is 1. The lowest BCUT2D eigenvalue weighted by molar-refractivity contribution is -0.121. The third-order valence-corrected chi connectivity index (χ3v) is 1.55. The number of nitrogens with zero attached hydrogens (tertiary/aromatic N) is 1. The van der Waals surface area contributed by atoms with Gasteiger partial charge in [0.2, 0.25) is 5.91 Å². The average molecular weight is 183 g/mol. The lowest BCUT2D eigenvalue weighted by Gasteiger charge is -2.14. The molecule has 0 bridgehead atoms. The van der Waals surface area contributed by atoms with Crippen molar-refractivity contribution < 1.29 is 4.79 Å². The molecule has 0 atom stereocenters. The van der Waals surface area contributed by atoms with Crippen LogP contribution in [0.4, 0.5) is 0 Å². The van der Waals surface area contributed by atoms with E-state index in [4.69, 9.17) is 12.2 Å². The fourth-order valence-electron chi connectivity index (χ4n) is 0.891. The van der Waals surface area contributed by atoms with Gasteiger partial charge in [0.25, 0.3) is 0 Å². The van der Waals surface area contributed by atoms with Crippen molar-refractivity contribution in [2.45, 2.75) is 6.42 Å². The Kier molecular flexibility index (Phi) is 6.98. The minimum atomic E-state index is -0.0440. The molecule has 0 heterocycles. The monoisotopic (exact) mass is 183 g/mol. The van der Waals surface area contributed by atoms with Crippen LogP contribution in [-0.2, 0) is 4.79 Å². The van der Waals surface area contributed by atoms with Crippen LogP contribution >= 0.6 is 0 Å². The Balaban J connectivity index is 3.48. The van der Waals surface area contributed by atoms with E-state index in [1.807, 2.05) is 11.9 Å². The van der Waals surface area contributed by atoms with E-state index in [0.717, 1.165) is 13.0 Å². The first-order valence-corrected chi connectivity index (χ1v) is 4.29. The molecular formula is C9H17N3O. The standard InChI is InChI=1S/C9H17N3O/c1-3-6-11-9(13)8-12(2)7-4-5-10/h1H,4-8,10H2,2H3,(H,11,13). The van der Waals surface area contributed by atoms with Gasteiger partial charge in [0.1, 0.15) is 0 Å². The molecule has 3 N–H and O–H groups in total. The first-order valence-electron chi connectivity index (χ1n) is 4.29. The predicted octanol–water partition coefficient (Wildman–Crippen LogP) is -0.984. The molecule has 0 aliphatic heterocycles. The van der Waals surface area contributed by atoms with Crippen LogP contribution in [0.15, 0.2) is 0 Å². The summed E-state index contributed by atoms with van der Waals surface area (Å²) in [6.45, 7) is 2.15. The minimum Gasteiger partial charge on any atom is -0.344 e. The quantitative estimate of drug-likeness (QED) is 0.520. The number of carbonyl (C=O) groups is 1. The van der Waals surface area contributed by atoms with Gasteiger partial charge < -0.3 is 11.1 Å². The first kappa shape index (κ1) is 11.9. The number of hydrogen-bond acceptors (Lipinski definition) is 3. The maximum Gasteiger partial charge on any atom is 0.234 e. The second kappa shape index (κ2) is 7.59. The van der Waals surface area contributed by atoms with Crippen LogP contribution in [0.5, 0.6) is 0 Å². The molecule has 0 aromatic rings. The zero-order chi connectivity index (χ0) is 10.1. The molecule has 74 valence electrons. The van der Waals surface area contributed by atoms with E-state index in [1.54, 1.807) is 0 Å². The topological polar surface area (TPSA) is 58.4 Å². The molecule has 0 aromatic carbocycles.